The highest BCUT2D eigenvalue weighted by atomic mass is 16.6. The maximum absolute atomic E-state index is 12.9. The van der Waals surface area contributed by atoms with Crippen LogP contribution >= 0.6 is 0 Å². The fourth-order valence-electron chi connectivity index (χ4n) is 4.20. The number of hydrogen-bond donors (Lipinski definition) is 0. The van der Waals surface area contributed by atoms with Gasteiger partial charge in [0, 0.05) is 39.3 Å². The first-order chi connectivity index (χ1) is 12.1. The first-order valence-corrected chi connectivity index (χ1v) is 10.1. The minimum atomic E-state index is -0.480. The average molecular weight is 368 g/mol. The van der Waals surface area contributed by atoms with Crippen molar-refractivity contribution >= 4 is 12.1 Å². The molecule has 1 aliphatic heterocycles. The van der Waals surface area contributed by atoms with Crippen LogP contribution < -0.4 is 0 Å². The Bertz CT molecular complexity index is 495. The summed E-state index contributed by atoms with van der Waals surface area (Å²) in [6, 6.07) is 0.630. The lowest BCUT2D eigenvalue weighted by molar-refractivity contribution is 0.000732. The molecular formula is C20H37N3O3. The molecule has 150 valence electrons. The topological polar surface area (TPSA) is 53.1 Å². The van der Waals surface area contributed by atoms with Gasteiger partial charge >= 0.3 is 12.1 Å². The van der Waals surface area contributed by atoms with E-state index in [1.165, 1.54) is 19.3 Å². The summed E-state index contributed by atoms with van der Waals surface area (Å²) in [4.78, 5) is 31.0. The van der Waals surface area contributed by atoms with E-state index in [1.807, 2.05) is 34.9 Å². The summed E-state index contributed by atoms with van der Waals surface area (Å²) in [5.74, 6) is 0.238. The van der Waals surface area contributed by atoms with Crippen molar-refractivity contribution in [2.75, 3.05) is 27.2 Å². The molecule has 2 fully saturated rings. The molecule has 2 atom stereocenters. The molecule has 3 amide bonds. The number of carbonyl (C=O) groups is 2. The highest BCUT2D eigenvalue weighted by molar-refractivity contribution is 5.75. The molecular weight excluding hydrogens is 330 g/mol. The van der Waals surface area contributed by atoms with Crippen LogP contribution in [0.25, 0.3) is 0 Å². The summed E-state index contributed by atoms with van der Waals surface area (Å²) in [7, 11) is 3.66. The average Bonchev–Trinajstić information content (AvgIpc) is 2.55. The van der Waals surface area contributed by atoms with Crippen molar-refractivity contribution in [3.05, 3.63) is 0 Å². The highest BCUT2D eigenvalue weighted by Crippen LogP contribution is 2.31. The minimum Gasteiger partial charge on any atom is -0.444 e. The smallest absolute Gasteiger partial charge is 0.410 e. The maximum atomic E-state index is 12.9. The van der Waals surface area contributed by atoms with Crippen LogP contribution in [0.5, 0.6) is 0 Å². The van der Waals surface area contributed by atoms with Crippen LogP contribution in [0.3, 0.4) is 0 Å². The van der Waals surface area contributed by atoms with Crippen LogP contribution in [0.1, 0.15) is 66.2 Å². The summed E-state index contributed by atoms with van der Waals surface area (Å²) >= 11 is 0. The van der Waals surface area contributed by atoms with Crippen molar-refractivity contribution < 1.29 is 14.3 Å². The van der Waals surface area contributed by atoms with Crippen LogP contribution in [0.2, 0.25) is 0 Å². The van der Waals surface area contributed by atoms with E-state index in [4.69, 9.17) is 4.74 Å². The van der Waals surface area contributed by atoms with E-state index >= 15 is 0 Å². The van der Waals surface area contributed by atoms with Crippen molar-refractivity contribution in [1.82, 2.24) is 14.7 Å². The number of nitrogens with zero attached hydrogens (tertiary/aromatic N) is 3. The number of hydrogen-bond acceptors (Lipinski definition) is 3. The summed E-state index contributed by atoms with van der Waals surface area (Å²) < 4.78 is 5.52. The third kappa shape index (κ3) is 5.27. The fourth-order valence-corrected chi connectivity index (χ4v) is 4.20. The third-order valence-electron chi connectivity index (χ3n) is 5.44. The van der Waals surface area contributed by atoms with Crippen molar-refractivity contribution in [3.63, 3.8) is 0 Å². The number of piperidine rings is 1. The lowest BCUT2D eigenvalue weighted by Crippen LogP contribution is -2.58. The third-order valence-corrected chi connectivity index (χ3v) is 5.44. The molecule has 0 radical (unpaired) electrons. The number of likely N-dealkylation sites (tertiary alicyclic amines) is 1. The molecule has 1 heterocycles. The summed E-state index contributed by atoms with van der Waals surface area (Å²) in [5.41, 5.74) is -0.480. The van der Waals surface area contributed by atoms with E-state index in [2.05, 4.69) is 11.8 Å². The van der Waals surface area contributed by atoms with Gasteiger partial charge in [-0.15, -0.1) is 0 Å². The molecule has 0 N–H and O–H groups in total. The van der Waals surface area contributed by atoms with Gasteiger partial charge in [-0.3, -0.25) is 0 Å². The van der Waals surface area contributed by atoms with Gasteiger partial charge in [0.25, 0.3) is 0 Å². The van der Waals surface area contributed by atoms with Gasteiger partial charge in [0.15, 0.2) is 0 Å². The fraction of sp³-hybridized carbons (Fsp3) is 0.900. The Hall–Kier alpha value is -1.46. The quantitative estimate of drug-likeness (QED) is 0.742. The number of ether oxygens (including phenoxy) is 1. The Labute approximate surface area is 158 Å². The second kappa shape index (κ2) is 8.49. The molecule has 6 heteroatoms. The molecule has 2 aliphatic rings. The van der Waals surface area contributed by atoms with Gasteiger partial charge in [0.2, 0.25) is 0 Å². The first kappa shape index (κ1) is 20.8. The zero-order valence-electron chi connectivity index (χ0n) is 17.5. The predicted octanol–water partition coefficient (Wildman–Crippen LogP) is 3.95. The van der Waals surface area contributed by atoms with Gasteiger partial charge in [-0.1, -0.05) is 26.2 Å². The van der Waals surface area contributed by atoms with E-state index in [0.29, 0.717) is 19.1 Å². The minimum absolute atomic E-state index is 0.111. The zero-order valence-corrected chi connectivity index (χ0v) is 17.5. The Balaban J connectivity index is 2.08. The van der Waals surface area contributed by atoms with Gasteiger partial charge in [0.05, 0.1) is 0 Å². The van der Waals surface area contributed by atoms with Crippen LogP contribution in [0.15, 0.2) is 0 Å². The molecule has 6 nitrogen and oxygen atoms in total. The van der Waals surface area contributed by atoms with E-state index in [9.17, 15) is 9.59 Å². The second-order valence-electron chi connectivity index (χ2n) is 9.14. The van der Waals surface area contributed by atoms with Gasteiger partial charge in [-0.05, 0) is 46.0 Å². The molecule has 0 bridgehead atoms. The van der Waals surface area contributed by atoms with Crippen molar-refractivity contribution in [3.8, 4) is 0 Å². The van der Waals surface area contributed by atoms with Gasteiger partial charge in [0.1, 0.15) is 5.60 Å². The lowest BCUT2D eigenvalue weighted by atomic mass is 9.87. The molecule has 0 aromatic carbocycles. The Morgan fingerprint density at radius 3 is 2.15 bits per heavy atom. The standard InChI is InChI=1S/C20H37N3O3/c1-15-14-22(19(25)26-20(2,3)4)13-12-17(15)23(18(24)21(5)6)16-10-8-7-9-11-16/h15-17H,7-14H2,1-6H3/t15-,17-/m0/s1. The zero-order chi connectivity index (χ0) is 19.5. The monoisotopic (exact) mass is 367 g/mol. The van der Waals surface area contributed by atoms with Gasteiger partial charge in [-0.2, -0.15) is 0 Å². The molecule has 26 heavy (non-hydrogen) atoms. The number of rotatable bonds is 2. The maximum Gasteiger partial charge on any atom is 0.410 e. The summed E-state index contributed by atoms with van der Waals surface area (Å²) in [5, 5.41) is 0. The van der Waals surface area contributed by atoms with Gasteiger partial charge < -0.3 is 19.4 Å². The number of amides is 3. The molecule has 0 aromatic heterocycles. The van der Waals surface area contributed by atoms with Crippen LogP contribution in [0, 0.1) is 5.92 Å². The molecule has 0 spiro atoms. The van der Waals surface area contributed by atoms with Crippen molar-refractivity contribution in [2.24, 2.45) is 5.92 Å². The van der Waals surface area contributed by atoms with Crippen molar-refractivity contribution in [1.29, 1.82) is 0 Å². The van der Waals surface area contributed by atoms with Gasteiger partial charge in [-0.25, -0.2) is 9.59 Å². The second-order valence-corrected chi connectivity index (χ2v) is 9.14. The molecule has 1 aliphatic carbocycles. The molecule has 0 aromatic rings. The van der Waals surface area contributed by atoms with Crippen LogP contribution in [0.4, 0.5) is 9.59 Å². The van der Waals surface area contributed by atoms with E-state index in [-0.39, 0.29) is 24.1 Å². The SMILES string of the molecule is C[C@H]1CN(C(=O)OC(C)(C)C)CC[C@@H]1N(C(=O)N(C)C)C1CCCCC1. The summed E-state index contributed by atoms with van der Waals surface area (Å²) in [6.45, 7) is 9.11. The van der Waals surface area contributed by atoms with E-state index in [0.717, 1.165) is 19.3 Å². The predicted molar refractivity (Wildman–Crippen MR) is 103 cm³/mol. The normalized spacial score (nSPS) is 24.9. The lowest BCUT2D eigenvalue weighted by Gasteiger charge is -2.47. The number of urea groups is 1. The molecule has 0 unspecified atom stereocenters. The Morgan fingerprint density at radius 2 is 1.65 bits per heavy atom. The molecule has 1 saturated heterocycles. The van der Waals surface area contributed by atoms with E-state index in [1.54, 1.807) is 9.80 Å². The number of carbonyl (C=O) groups excluding carboxylic acids is 2. The Morgan fingerprint density at radius 1 is 1.04 bits per heavy atom. The first-order valence-electron chi connectivity index (χ1n) is 10.1. The highest BCUT2D eigenvalue weighted by Gasteiger charge is 2.39. The molecule has 2 rings (SSSR count). The van der Waals surface area contributed by atoms with Crippen molar-refractivity contribution in [2.45, 2.75) is 83.9 Å². The summed E-state index contributed by atoms with van der Waals surface area (Å²) in [6.07, 6.45) is 6.44. The largest absolute Gasteiger partial charge is 0.444 e. The van der Waals surface area contributed by atoms with E-state index < -0.39 is 5.60 Å². The Kier molecular flexibility index (Phi) is 6.80. The van der Waals surface area contributed by atoms with Crippen LogP contribution in [-0.4, -0.2) is 71.7 Å². The van der Waals surface area contributed by atoms with Crippen LogP contribution in [-0.2, 0) is 4.74 Å². The molecule has 1 saturated carbocycles.